The number of ether oxygens (including phenoxy) is 1. The van der Waals surface area contributed by atoms with Gasteiger partial charge in [0, 0.05) is 36.6 Å². The fraction of sp³-hybridized carbons (Fsp3) is 0.421. The van der Waals surface area contributed by atoms with E-state index in [0.717, 1.165) is 36.0 Å². The Balaban J connectivity index is 1.71. The maximum atomic E-state index is 5.26. The van der Waals surface area contributed by atoms with Crippen LogP contribution >= 0.6 is 15.9 Å². The van der Waals surface area contributed by atoms with Crippen molar-refractivity contribution in [3.05, 3.63) is 40.1 Å². The topological polar surface area (TPSA) is 91.1 Å². The molecule has 9 nitrogen and oxygen atoms in total. The average molecular weight is 459 g/mol. The van der Waals surface area contributed by atoms with E-state index < -0.39 is 5.66 Å². The van der Waals surface area contributed by atoms with E-state index in [0.29, 0.717) is 17.7 Å². The van der Waals surface area contributed by atoms with Crippen molar-refractivity contribution in [2.45, 2.75) is 25.4 Å². The first kappa shape index (κ1) is 19.7. The first-order chi connectivity index (χ1) is 14.0. The van der Waals surface area contributed by atoms with E-state index in [1.807, 2.05) is 36.1 Å². The summed E-state index contributed by atoms with van der Waals surface area (Å²) in [6.07, 6.45) is 3.50. The second-order valence-corrected chi connectivity index (χ2v) is 8.09. The van der Waals surface area contributed by atoms with Crippen LogP contribution in [0.2, 0.25) is 0 Å². The van der Waals surface area contributed by atoms with Gasteiger partial charge in [-0.05, 0) is 31.7 Å². The van der Waals surface area contributed by atoms with E-state index in [1.54, 1.807) is 13.3 Å². The highest BCUT2D eigenvalue weighted by atomic mass is 79.9. The zero-order valence-corrected chi connectivity index (χ0v) is 18.2. The first-order valence-corrected chi connectivity index (χ1v) is 10.2. The standard InChI is InChI=1S/C19H23BrN8O/c1-13-22-17(24-18(23-13)29-3)28-16(21-12-14-5-4-6-15(20)11-14)25-26-19(28)7-9-27(2)10-8-19/h4-6,11-12,26H,7-10H2,1-3H3/b21-12+. The minimum absolute atomic E-state index is 0.276. The Bertz CT molecular complexity index is 955. The lowest BCUT2D eigenvalue weighted by atomic mass is 9.96. The van der Waals surface area contributed by atoms with Gasteiger partial charge in [0.2, 0.25) is 5.95 Å². The minimum Gasteiger partial charge on any atom is -0.467 e. The van der Waals surface area contributed by atoms with Crippen LogP contribution in [0.4, 0.5) is 5.95 Å². The van der Waals surface area contributed by atoms with Gasteiger partial charge in [0.1, 0.15) is 11.5 Å². The lowest BCUT2D eigenvalue weighted by molar-refractivity contribution is 0.171. The molecule has 0 saturated carbocycles. The molecule has 1 spiro atoms. The number of likely N-dealkylation sites (tertiary alicyclic amines) is 1. The third-order valence-corrected chi connectivity index (χ3v) is 5.57. The molecule has 1 saturated heterocycles. The number of guanidine groups is 1. The second kappa shape index (κ2) is 8.03. The Morgan fingerprint density at radius 2 is 2.03 bits per heavy atom. The molecule has 0 aliphatic carbocycles. The monoisotopic (exact) mass is 458 g/mol. The average Bonchev–Trinajstić information content (AvgIpc) is 3.06. The van der Waals surface area contributed by atoms with E-state index in [9.17, 15) is 0 Å². The number of benzene rings is 1. The van der Waals surface area contributed by atoms with Crippen LogP contribution < -0.4 is 15.1 Å². The molecule has 1 N–H and O–H groups in total. The predicted molar refractivity (Wildman–Crippen MR) is 115 cm³/mol. The number of hydrazone groups is 1. The molecule has 0 bridgehead atoms. The molecule has 0 amide bonds. The van der Waals surface area contributed by atoms with Crippen LogP contribution in [-0.4, -0.2) is 64.9 Å². The molecule has 4 rings (SSSR count). The zero-order valence-electron chi connectivity index (χ0n) is 16.6. The number of hydrogen-bond acceptors (Lipinski definition) is 9. The normalized spacial score (nSPS) is 18.9. The smallest absolute Gasteiger partial charge is 0.321 e. The zero-order chi connectivity index (χ0) is 20.4. The van der Waals surface area contributed by atoms with Crippen molar-refractivity contribution in [2.75, 3.05) is 32.1 Å². The summed E-state index contributed by atoms with van der Waals surface area (Å²) < 4.78 is 6.26. The van der Waals surface area contributed by atoms with Crippen molar-refractivity contribution < 1.29 is 4.74 Å². The highest BCUT2D eigenvalue weighted by molar-refractivity contribution is 9.10. The van der Waals surface area contributed by atoms with Gasteiger partial charge in [-0.25, -0.2) is 4.99 Å². The number of halogens is 1. The summed E-state index contributed by atoms with van der Waals surface area (Å²) in [5.41, 5.74) is 3.87. The number of nitrogens with one attached hydrogen (secondary N) is 1. The molecule has 152 valence electrons. The SMILES string of the molecule is COc1nc(C)nc(N2C(/N=C/c3cccc(Br)c3)=NNC23CCN(C)CC3)n1. The molecule has 2 aliphatic heterocycles. The Labute approximate surface area is 178 Å². The van der Waals surface area contributed by atoms with Crippen LogP contribution in [0.5, 0.6) is 6.01 Å². The predicted octanol–water partition coefficient (Wildman–Crippen LogP) is 2.17. The first-order valence-electron chi connectivity index (χ1n) is 9.39. The maximum absolute atomic E-state index is 5.26. The van der Waals surface area contributed by atoms with Crippen LogP contribution in [0, 0.1) is 6.92 Å². The number of aryl methyl sites for hydroxylation is 1. The molecule has 0 unspecified atom stereocenters. The van der Waals surface area contributed by atoms with Crippen molar-refractivity contribution in [3.63, 3.8) is 0 Å². The Morgan fingerprint density at radius 1 is 1.24 bits per heavy atom. The van der Waals surface area contributed by atoms with Gasteiger partial charge in [-0.2, -0.15) is 15.0 Å². The van der Waals surface area contributed by atoms with Crippen molar-refractivity contribution in [3.8, 4) is 6.01 Å². The van der Waals surface area contributed by atoms with E-state index in [4.69, 9.17) is 4.74 Å². The highest BCUT2D eigenvalue weighted by Gasteiger charge is 2.47. The number of nitrogens with zero attached hydrogens (tertiary/aromatic N) is 7. The summed E-state index contributed by atoms with van der Waals surface area (Å²) in [6, 6.07) is 8.21. The van der Waals surface area contributed by atoms with Crippen LogP contribution in [0.25, 0.3) is 0 Å². The lowest BCUT2D eigenvalue weighted by Gasteiger charge is -2.42. The van der Waals surface area contributed by atoms with Crippen molar-refractivity contribution in [1.82, 2.24) is 25.3 Å². The molecule has 1 aromatic carbocycles. The Morgan fingerprint density at radius 3 is 2.76 bits per heavy atom. The fourth-order valence-corrected chi connectivity index (χ4v) is 3.91. The van der Waals surface area contributed by atoms with Gasteiger partial charge in [-0.3, -0.25) is 10.3 Å². The molecule has 1 fully saturated rings. The summed E-state index contributed by atoms with van der Waals surface area (Å²) >= 11 is 3.49. The number of hydrogen-bond donors (Lipinski definition) is 1. The van der Waals surface area contributed by atoms with Gasteiger partial charge in [-0.15, -0.1) is 5.10 Å². The lowest BCUT2D eigenvalue weighted by Crippen LogP contribution is -2.60. The van der Waals surface area contributed by atoms with Crippen molar-refractivity contribution in [1.29, 1.82) is 0 Å². The molecule has 1 aromatic heterocycles. The molecule has 0 radical (unpaired) electrons. The van der Waals surface area contributed by atoms with Gasteiger partial charge in [0.25, 0.3) is 5.96 Å². The Kier molecular flexibility index (Phi) is 5.46. The largest absolute Gasteiger partial charge is 0.467 e. The third-order valence-electron chi connectivity index (χ3n) is 5.08. The van der Waals surface area contributed by atoms with Crippen molar-refractivity contribution >= 4 is 34.1 Å². The van der Waals surface area contributed by atoms with E-state index >= 15 is 0 Å². The summed E-state index contributed by atoms with van der Waals surface area (Å²) in [5, 5.41) is 4.54. The van der Waals surface area contributed by atoms with Crippen LogP contribution in [0.15, 0.2) is 38.8 Å². The van der Waals surface area contributed by atoms with Gasteiger partial charge in [-0.1, -0.05) is 28.1 Å². The molecular weight excluding hydrogens is 436 g/mol. The van der Waals surface area contributed by atoms with Crippen LogP contribution in [-0.2, 0) is 0 Å². The number of anilines is 1. The number of aliphatic imine (C=N–C) groups is 1. The molecule has 2 aromatic rings. The van der Waals surface area contributed by atoms with E-state index in [1.165, 1.54) is 0 Å². The highest BCUT2D eigenvalue weighted by Crippen LogP contribution is 2.33. The summed E-state index contributed by atoms with van der Waals surface area (Å²) in [6.45, 7) is 3.69. The molecular formula is C19H23BrN8O. The minimum atomic E-state index is -0.421. The van der Waals surface area contributed by atoms with Gasteiger partial charge in [0.05, 0.1) is 7.11 Å². The molecule has 3 heterocycles. The van der Waals surface area contributed by atoms with E-state index in [-0.39, 0.29) is 6.01 Å². The quantitative estimate of drug-likeness (QED) is 0.704. The molecule has 0 atom stereocenters. The molecule has 29 heavy (non-hydrogen) atoms. The summed E-state index contributed by atoms with van der Waals surface area (Å²) in [5.74, 6) is 1.58. The summed E-state index contributed by atoms with van der Waals surface area (Å²) in [7, 11) is 3.67. The number of methoxy groups -OCH3 is 1. The summed E-state index contributed by atoms with van der Waals surface area (Å²) in [4.78, 5) is 22.2. The van der Waals surface area contributed by atoms with Crippen LogP contribution in [0.1, 0.15) is 24.2 Å². The molecule has 2 aliphatic rings. The number of aromatic nitrogens is 3. The van der Waals surface area contributed by atoms with E-state index in [2.05, 4.69) is 58.3 Å². The molecule has 10 heteroatoms. The maximum Gasteiger partial charge on any atom is 0.321 e. The Hall–Kier alpha value is -2.59. The van der Waals surface area contributed by atoms with Gasteiger partial charge >= 0.3 is 6.01 Å². The van der Waals surface area contributed by atoms with Crippen LogP contribution in [0.3, 0.4) is 0 Å². The van der Waals surface area contributed by atoms with Crippen molar-refractivity contribution in [2.24, 2.45) is 10.1 Å². The second-order valence-electron chi connectivity index (χ2n) is 7.18. The fourth-order valence-electron chi connectivity index (χ4n) is 3.49. The van der Waals surface area contributed by atoms with Gasteiger partial charge in [0.15, 0.2) is 0 Å². The number of rotatable bonds is 3. The third kappa shape index (κ3) is 4.08. The number of piperidine rings is 1. The van der Waals surface area contributed by atoms with Gasteiger partial charge < -0.3 is 9.64 Å².